The van der Waals surface area contributed by atoms with Crippen LogP contribution in [0.25, 0.3) is 0 Å². The lowest BCUT2D eigenvalue weighted by atomic mass is 10.3. The highest BCUT2D eigenvalue weighted by molar-refractivity contribution is 5.06. The molecule has 0 aliphatic rings. The van der Waals surface area contributed by atoms with Crippen LogP contribution in [-0.2, 0) is 0 Å². The van der Waals surface area contributed by atoms with E-state index in [0.717, 1.165) is 6.20 Å². The van der Waals surface area contributed by atoms with Gasteiger partial charge in [-0.25, -0.2) is 4.39 Å². The molecular weight excluding hydrogens is 121 g/mol. The molecule has 0 aromatic carbocycles. The molecule has 0 saturated heterocycles. The molecule has 1 rings (SSSR count). The van der Waals surface area contributed by atoms with E-state index in [0.29, 0.717) is 10.3 Å². The third-order valence-corrected chi connectivity index (χ3v) is 1.09. The normalized spacial score (nSPS) is 9.56. The minimum atomic E-state index is -0.465. The first-order valence-electron chi connectivity index (χ1n) is 2.55. The Labute approximate surface area is 52.1 Å². The Kier molecular flexibility index (Phi) is 1.34. The van der Waals surface area contributed by atoms with E-state index in [2.05, 4.69) is 0 Å². The summed E-state index contributed by atoms with van der Waals surface area (Å²) < 4.78 is 12.8. The second-order valence-corrected chi connectivity index (χ2v) is 1.84. The predicted octanol–water partition coefficient (Wildman–Crippen LogP) is 0.768. The Morgan fingerprint density at radius 1 is 1.67 bits per heavy atom. The zero-order valence-corrected chi connectivity index (χ0v) is 4.97. The van der Waals surface area contributed by atoms with Gasteiger partial charge in [-0.3, -0.25) is 0 Å². The second-order valence-electron chi connectivity index (χ2n) is 1.84. The molecule has 3 heteroatoms. The summed E-state index contributed by atoms with van der Waals surface area (Å²) in [7, 11) is 0. The number of halogens is 1. The largest absolute Gasteiger partial charge is 0.619 e. The Bertz CT molecular complexity index is 224. The summed E-state index contributed by atoms with van der Waals surface area (Å²) in [6.45, 7) is 1.61. The minimum absolute atomic E-state index is 0.433. The molecule has 0 fully saturated rings. The van der Waals surface area contributed by atoms with E-state index in [1.165, 1.54) is 12.3 Å². The lowest BCUT2D eigenvalue weighted by Gasteiger charge is -1.95. The third kappa shape index (κ3) is 1.16. The monoisotopic (exact) mass is 127 g/mol. The molecule has 0 aliphatic carbocycles. The molecule has 0 aliphatic heterocycles. The summed E-state index contributed by atoms with van der Waals surface area (Å²) in [5.74, 6) is -0.465. The van der Waals surface area contributed by atoms with E-state index in [4.69, 9.17) is 0 Å². The van der Waals surface area contributed by atoms with Crippen LogP contribution in [0.15, 0.2) is 18.5 Å². The van der Waals surface area contributed by atoms with Crippen molar-refractivity contribution < 1.29 is 9.12 Å². The highest BCUT2D eigenvalue weighted by Crippen LogP contribution is 1.98. The van der Waals surface area contributed by atoms with Crippen molar-refractivity contribution >= 4 is 0 Å². The zero-order chi connectivity index (χ0) is 6.85. The van der Waals surface area contributed by atoms with E-state index in [1.807, 2.05) is 0 Å². The summed E-state index contributed by atoms with van der Waals surface area (Å²) >= 11 is 0. The average Bonchev–Trinajstić information content (AvgIpc) is 1.80. The van der Waals surface area contributed by atoms with Gasteiger partial charge in [-0.1, -0.05) is 0 Å². The summed E-state index contributed by atoms with van der Waals surface area (Å²) in [5.41, 5.74) is 0.488. The number of rotatable bonds is 0. The zero-order valence-electron chi connectivity index (χ0n) is 4.97. The van der Waals surface area contributed by atoms with Crippen molar-refractivity contribution in [2.24, 2.45) is 0 Å². The quantitative estimate of drug-likeness (QED) is 0.373. The third-order valence-electron chi connectivity index (χ3n) is 1.09. The lowest BCUT2D eigenvalue weighted by Crippen LogP contribution is -2.25. The Balaban J connectivity index is 3.17. The van der Waals surface area contributed by atoms with Gasteiger partial charge in [0.2, 0.25) is 6.20 Å². The molecule has 9 heavy (non-hydrogen) atoms. The van der Waals surface area contributed by atoms with Crippen molar-refractivity contribution in [2.75, 3.05) is 0 Å². The Hall–Kier alpha value is -1.12. The highest BCUT2D eigenvalue weighted by atomic mass is 19.1. The van der Waals surface area contributed by atoms with Crippen LogP contribution >= 0.6 is 0 Å². The molecule has 1 heterocycles. The van der Waals surface area contributed by atoms with E-state index >= 15 is 0 Å². The van der Waals surface area contributed by atoms with Crippen LogP contribution in [0.2, 0.25) is 0 Å². The number of nitrogens with zero attached hydrogens (tertiary/aromatic N) is 1. The molecule has 0 N–H and O–H groups in total. The predicted molar refractivity (Wildman–Crippen MR) is 30.1 cm³/mol. The Morgan fingerprint density at radius 3 is 2.78 bits per heavy atom. The first kappa shape index (κ1) is 6.01. The van der Waals surface area contributed by atoms with Crippen molar-refractivity contribution in [3.05, 3.63) is 35.0 Å². The molecule has 0 unspecified atom stereocenters. The van der Waals surface area contributed by atoms with Crippen molar-refractivity contribution in [1.29, 1.82) is 0 Å². The Morgan fingerprint density at radius 2 is 2.33 bits per heavy atom. The molecule has 0 saturated carbocycles. The number of hydrogen-bond acceptors (Lipinski definition) is 1. The average molecular weight is 127 g/mol. The van der Waals surface area contributed by atoms with Gasteiger partial charge in [0.1, 0.15) is 0 Å². The standard InChI is InChI=1S/C6H6FNO/c1-5-2-3-8(9)4-6(5)7/h2-4H,1H3. The summed E-state index contributed by atoms with van der Waals surface area (Å²) in [5, 5.41) is 10.3. The number of aryl methyl sites for hydroxylation is 1. The van der Waals surface area contributed by atoms with Gasteiger partial charge in [0.15, 0.2) is 12.0 Å². The van der Waals surface area contributed by atoms with Crippen LogP contribution in [0.3, 0.4) is 0 Å². The van der Waals surface area contributed by atoms with Crippen LogP contribution in [0.4, 0.5) is 4.39 Å². The van der Waals surface area contributed by atoms with Crippen molar-refractivity contribution in [1.82, 2.24) is 0 Å². The number of pyridine rings is 1. The van der Waals surface area contributed by atoms with Crippen LogP contribution in [-0.4, -0.2) is 0 Å². The molecule has 1 aromatic rings. The first-order valence-corrected chi connectivity index (χ1v) is 2.55. The summed E-state index contributed by atoms with van der Waals surface area (Å²) in [6, 6.07) is 1.43. The van der Waals surface area contributed by atoms with E-state index in [-0.39, 0.29) is 0 Å². The lowest BCUT2D eigenvalue weighted by molar-refractivity contribution is -0.607. The molecule has 48 valence electrons. The molecule has 0 spiro atoms. The molecule has 1 aromatic heterocycles. The highest BCUT2D eigenvalue weighted by Gasteiger charge is 1.98. The van der Waals surface area contributed by atoms with E-state index < -0.39 is 5.82 Å². The second kappa shape index (κ2) is 2.01. The van der Waals surface area contributed by atoms with Crippen molar-refractivity contribution in [3.8, 4) is 0 Å². The van der Waals surface area contributed by atoms with Gasteiger partial charge in [0.25, 0.3) is 0 Å². The van der Waals surface area contributed by atoms with Gasteiger partial charge in [0.05, 0.1) is 0 Å². The fraction of sp³-hybridized carbons (Fsp3) is 0.167. The fourth-order valence-corrected chi connectivity index (χ4v) is 0.521. The topological polar surface area (TPSA) is 26.9 Å². The van der Waals surface area contributed by atoms with E-state index in [9.17, 15) is 9.60 Å². The van der Waals surface area contributed by atoms with Crippen LogP contribution in [0.5, 0.6) is 0 Å². The molecule has 0 amide bonds. The molecular formula is C6H6FNO. The van der Waals surface area contributed by atoms with Crippen molar-refractivity contribution in [3.63, 3.8) is 0 Å². The molecule has 2 nitrogen and oxygen atoms in total. The molecule has 0 atom stereocenters. The van der Waals surface area contributed by atoms with Gasteiger partial charge in [-0.15, -0.1) is 0 Å². The van der Waals surface area contributed by atoms with Gasteiger partial charge >= 0.3 is 0 Å². The van der Waals surface area contributed by atoms with Crippen LogP contribution in [0.1, 0.15) is 5.56 Å². The summed E-state index contributed by atoms with van der Waals surface area (Å²) in [4.78, 5) is 0. The van der Waals surface area contributed by atoms with Gasteiger partial charge in [0, 0.05) is 6.07 Å². The van der Waals surface area contributed by atoms with E-state index in [1.54, 1.807) is 6.92 Å². The SMILES string of the molecule is Cc1cc[n+]([O-])cc1F. The smallest absolute Gasteiger partial charge is 0.216 e. The first-order chi connectivity index (χ1) is 4.20. The van der Waals surface area contributed by atoms with Gasteiger partial charge in [-0.05, 0) is 12.5 Å². The van der Waals surface area contributed by atoms with Gasteiger partial charge in [-0.2, -0.15) is 4.73 Å². The summed E-state index contributed by atoms with van der Waals surface area (Å²) in [6.07, 6.45) is 2.16. The van der Waals surface area contributed by atoms with Crippen LogP contribution < -0.4 is 4.73 Å². The van der Waals surface area contributed by atoms with Crippen molar-refractivity contribution in [2.45, 2.75) is 6.92 Å². The minimum Gasteiger partial charge on any atom is -0.619 e. The van der Waals surface area contributed by atoms with Crippen LogP contribution in [0, 0.1) is 17.9 Å². The molecule has 0 bridgehead atoms. The number of aromatic nitrogens is 1. The fourth-order valence-electron chi connectivity index (χ4n) is 0.521. The van der Waals surface area contributed by atoms with Gasteiger partial charge < -0.3 is 5.21 Å². The maximum absolute atomic E-state index is 12.4. The molecule has 0 radical (unpaired) electrons. The number of hydrogen-bond donors (Lipinski definition) is 0. The maximum Gasteiger partial charge on any atom is 0.216 e. The maximum atomic E-state index is 12.4.